The number of nitrogens with zero attached hydrogens (tertiary/aromatic N) is 3. The van der Waals surface area contributed by atoms with Gasteiger partial charge in [0, 0.05) is 25.0 Å². The monoisotopic (exact) mass is 364 g/mol. The lowest BCUT2D eigenvalue weighted by Crippen LogP contribution is -2.36. The first-order valence-corrected chi connectivity index (χ1v) is 9.19. The summed E-state index contributed by atoms with van der Waals surface area (Å²) in [6.45, 7) is 3.97. The Kier molecular flexibility index (Phi) is 5.48. The van der Waals surface area contributed by atoms with Gasteiger partial charge in [-0.25, -0.2) is 8.99 Å². The van der Waals surface area contributed by atoms with E-state index in [2.05, 4.69) is 45.9 Å². The van der Waals surface area contributed by atoms with Crippen molar-refractivity contribution in [1.29, 1.82) is 0 Å². The van der Waals surface area contributed by atoms with Crippen LogP contribution >= 0.6 is 23.5 Å². The molecule has 0 spiro atoms. The van der Waals surface area contributed by atoms with Gasteiger partial charge in [0.15, 0.2) is 0 Å². The highest BCUT2D eigenvalue weighted by atomic mass is 35.5. The lowest BCUT2D eigenvalue weighted by Gasteiger charge is -2.31. The van der Waals surface area contributed by atoms with Crippen LogP contribution in [0.2, 0.25) is 5.02 Å². The van der Waals surface area contributed by atoms with Crippen molar-refractivity contribution in [2.75, 3.05) is 25.5 Å². The summed E-state index contributed by atoms with van der Waals surface area (Å²) in [5, 5.41) is 7.39. The molecular formula is C17H21ClN4OS. The Morgan fingerprint density at radius 3 is 2.67 bits per heavy atom. The van der Waals surface area contributed by atoms with Crippen molar-refractivity contribution >= 4 is 29.2 Å². The van der Waals surface area contributed by atoms with Gasteiger partial charge >= 0.3 is 0 Å². The molecule has 1 aliphatic heterocycles. The van der Waals surface area contributed by atoms with Gasteiger partial charge in [0.1, 0.15) is 5.02 Å². The quantitative estimate of drug-likeness (QED) is 0.840. The Morgan fingerprint density at radius 2 is 2.00 bits per heavy atom. The minimum absolute atomic E-state index is 0.106. The van der Waals surface area contributed by atoms with E-state index in [1.807, 2.05) is 0 Å². The number of piperidine rings is 1. The minimum atomic E-state index is -0.214. The number of aryl methyl sites for hydroxylation is 1. The van der Waals surface area contributed by atoms with Crippen molar-refractivity contribution in [3.8, 4) is 0 Å². The molecule has 0 aliphatic carbocycles. The molecule has 1 aliphatic rings. The first-order valence-electron chi connectivity index (χ1n) is 8.03. The third-order valence-electron chi connectivity index (χ3n) is 4.30. The molecule has 0 saturated carbocycles. The van der Waals surface area contributed by atoms with E-state index in [1.54, 1.807) is 29.9 Å². The summed E-state index contributed by atoms with van der Waals surface area (Å²) in [7, 11) is 1.73. The number of hydrogen-bond acceptors (Lipinski definition) is 5. The van der Waals surface area contributed by atoms with Gasteiger partial charge < -0.3 is 5.32 Å². The van der Waals surface area contributed by atoms with Crippen LogP contribution < -0.4 is 10.9 Å². The second-order valence-corrected chi connectivity index (χ2v) is 7.41. The number of aromatic nitrogens is 2. The van der Waals surface area contributed by atoms with E-state index in [4.69, 9.17) is 11.6 Å². The highest BCUT2D eigenvalue weighted by molar-refractivity contribution is 7.97. The fraction of sp³-hybridized carbons (Fsp3) is 0.412. The zero-order valence-electron chi connectivity index (χ0n) is 13.8. The summed E-state index contributed by atoms with van der Waals surface area (Å²) >= 11 is 7.91. The Bertz CT molecular complexity index is 771. The summed E-state index contributed by atoms with van der Waals surface area (Å²) in [6, 6.07) is 8.51. The molecule has 1 aromatic heterocycles. The summed E-state index contributed by atoms with van der Waals surface area (Å²) < 4.78 is 3.90. The lowest BCUT2D eigenvalue weighted by atomic mass is 10.1. The SMILES string of the molecule is CNc1cnn(C2CCN(Sc3ccccc3C)CC2)c(=O)c1Cl. The van der Waals surface area contributed by atoms with Gasteiger partial charge in [-0.3, -0.25) is 4.79 Å². The largest absolute Gasteiger partial charge is 0.385 e. The van der Waals surface area contributed by atoms with Crippen molar-refractivity contribution in [2.24, 2.45) is 0 Å². The molecule has 0 unspecified atom stereocenters. The molecule has 0 radical (unpaired) electrons. The molecule has 1 saturated heterocycles. The van der Waals surface area contributed by atoms with Crippen LogP contribution in [-0.2, 0) is 0 Å². The van der Waals surface area contributed by atoms with Gasteiger partial charge in [-0.2, -0.15) is 5.10 Å². The normalized spacial score (nSPS) is 16.3. The Labute approximate surface area is 151 Å². The standard InChI is InChI=1S/C17H21ClN4OS/c1-12-5-3-4-6-15(12)24-21-9-7-13(8-10-21)22-17(23)16(18)14(19-2)11-20-22/h3-6,11,13,19H,7-10H2,1-2H3. The van der Waals surface area contributed by atoms with E-state index in [9.17, 15) is 4.79 Å². The zero-order chi connectivity index (χ0) is 17.1. The van der Waals surface area contributed by atoms with E-state index in [0.717, 1.165) is 25.9 Å². The van der Waals surface area contributed by atoms with Gasteiger partial charge in [0.25, 0.3) is 5.56 Å². The van der Waals surface area contributed by atoms with Crippen LogP contribution in [0.5, 0.6) is 0 Å². The van der Waals surface area contributed by atoms with Crippen molar-refractivity contribution in [2.45, 2.75) is 30.7 Å². The van der Waals surface area contributed by atoms with Gasteiger partial charge in [0.2, 0.25) is 0 Å². The predicted molar refractivity (Wildman–Crippen MR) is 99.9 cm³/mol. The van der Waals surface area contributed by atoms with E-state index in [1.165, 1.54) is 10.5 Å². The highest BCUT2D eigenvalue weighted by Gasteiger charge is 2.24. The molecule has 1 fully saturated rings. The molecule has 7 heteroatoms. The Hall–Kier alpha value is -1.50. The molecule has 0 bridgehead atoms. The average Bonchev–Trinajstić information content (AvgIpc) is 2.60. The van der Waals surface area contributed by atoms with E-state index in [-0.39, 0.29) is 16.6 Å². The van der Waals surface area contributed by atoms with Crippen LogP contribution in [-0.4, -0.2) is 34.2 Å². The molecular weight excluding hydrogens is 344 g/mol. The van der Waals surface area contributed by atoms with Crippen LogP contribution in [0, 0.1) is 6.92 Å². The van der Waals surface area contributed by atoms with Crippen LogP contribution in [0.25, 0.3) is 0 Å². The van der Waals surface area contributed by atoms with E-state index < -0.39 is 0 Å². The molecule has 1 N–H and O–H groups in total. The fourth-order valence-corrected chi connectivity index (χ4v) is 4.11. The number of anilines is 1. The number of halogens is 1. The number of hydrogen-bond donors (Lipinski definition) is 1. The highest BCUT2D eigenvalue weighted by Crippen LogP contribution is 2.31. The third-order valence-corrected chi connectivity index (χ3v) is 5.95. The minimum Gasteiger partial charge on any atom is -0.385 e. The molecule has 0 atom stereocenters. The predicted octanol–water partition coefficient (Wildman–Crippen LogP) is 3.59. The second kappa shape index (κ2) is 7.59. The maximum atomic E-state index is 12.4. The number of nitrogens with one attached hydrogen (secondary N) is 1. The van der Waals surface area contributed by atoms with Crippen molar-refractivity contribution in [1.82, 2.24) is 14.1 Å². The number of rotatable bonds is 4. The maximum absolute atomic E-state index is 12.4. The molecule has 2 heterocycles. The first kappa shape index (κ1) is 17.3. The lowest BCUT2D eigenvalue weighted by molar-refractivity contribution is 0.269. The van der Waals surface area contributed by atoms with Crippen LogP contribution in [0.1, 0.15) is 24.4 Å². The second-order valence-electron chi connectivity index (χ2n) is 5.89. The van der Waals surface area contributed by atoms with Crippen LogP contribution in [0.3, 0.4) is 0 Å². The van der Waals surface area contributed by atoms with E-state index >= 15 is 0 Å². The first-order chi connectivity index (χ1) is 11.6. The van der Waals surface area contributed by atoms with Crippen LogP contribution in [0.4, 0.5) is 5.69 Å². The van der Waals surface area contributed by atoms with E-state index in [0.29, 0.717) is 5.69 Å². The van der Waals surface area contributed by atoms with Crippen LogP contribution in [0.15, 0.2) is 40.2 Å². The molecule has 1 aromatic carbocycles. The average molecular weight is 365 g/mol. The van der Waals surface area contributed by atoms with Gasteiger partial charge in [-0.15, -0.1) is 0 Å². The summed E-state index contributed by atoms with van der Waals surface area (Å²) in [6.07, 6.45) is 3.40. The third kappa shape index (κ3) is 3.61. The Morgan fingerprint density at radius 1 is 1.29 bits per heavy atom. The Balaban J connectivity index is 1.66. The zero-order valence-corrected chi connectivity index (χ0v) is 15.4. The smallest absolute Gasteiger partial charge is 0.287 e. The summed E-state index contributed by atoms with van der Waals surface area (Å²) in [5.41, 5.74) is 1.65. The molecule has 128 valence electrons. The fourth-order valence-electron chi connectivity index (χ4n) is 2.86. The van der Waals surface area contributed by atoms with Crippen molar-refractivity contribution in [3.05, 3.63) is 51.4 Å². The van der Waals surface area contributed by atoms with Crippen molar-refractivity contribution < 1.29 is 0 Å². The topological polar surface area (TPSA) is 50.2 Å². The van der Waals surface area contributed by atoms with Crippen molar-refractivity contribution in [3.63, 3.8) is 0 Å². The van der Waals surface area contributed by atoms with Gasteiger partial charge in [-0.05, 0) is 43.3 Å². The number of benzene rings is 1. The summed E-state index contributed by atoms with van der Waals surface area (Å²) in [4.78, 5) is 13.7. The molecule has 5 nitrogen and oxygen atoms in total. The molecule has 3 rings (SSSR count). The van der Waals surface area contributed by atoms with Gasteiger partial charge in [-0.1, -0.05) is 29.8 Å². The van der Waals surface area contributed by atoms with Gasteiger partial charge in [0.05, 0.1) is 17.9 Å². The molecule has 24 heavy (non-hydrogen) atoms. The molecule has 2 aromatic rings. The summed E-state index contributed by atoms with van der Waals surface area (Å²) in [5.74, 6) is 0. The maximum Gasteiger partial charge on any atom is 0.287 e. The molecule has 0 amide bonds.